The van der Waals surface area contributed by atoms with Gasteiger partial charge in [-0.25, -0.2) is 4.68 Å². The van der Waals surface area contributed by atoms with Crippen LogP contribution in [0.25, 0.3) is 0 Å². The molecule has 1 aromatic carbocycles. The van der Waals surface area contributed by atoms with Crippen LogP contribution in [0, 0.1) is 0 Å². The normalized spacial score (nSPS) is 20.7. The fourth-order valence-corrected chi connectivity index (χ4v) is 5.63. The van der Waals surface area contributed by atoms with E-state index in [0.29, 0.717) is 22.0 Å². The molecule has 0 bridgehead atoms. The van der Waals surface area contributed by atoms with Crippen LogP contribution in [-0.2, 0) is 21.4 Å². The summed E-state index contributed by atoms with van der Waals surface area (Å²) < 4.78 is 1.46. The summed E-state index contributed by atoms with van der Waals surface area (Å²) in [7, 11) is 1.66. The maximum Gasteiger partial charge on any atom is 1.00 e. The molecule has 162 valence electrons. The van der Waals surface area contributed by atoms with Crippen LogP contribution in [0.2, 0.25) is 0 Å². The number of fused-ring (bicyclic) bond motifs is 1. The Balaban J connectivity index is 0.00000289. The number of rotatable bonds is 7. The van der Waals surface area contributed by atoms with Crippen molar-refractivity contribution in [3.8, 4) is 0 Å². The first-order valence-electron chi connectivity index (χ1n) is 9.15. The monoisotopic (exact) mass is 484 g/mol. The molecule has 14 heteroatoms. The Morgan fingerprint density at radius 1 is 1.38 bits per heavy atom. The number of amides is 2. The van der Waals surface area contributed by atoms with Gasteiger partial charge in [0.2, 0.25) is 5.16 Å². The number of hydrogen-bond donors (Lipinski definition) is 2. The molecule has 2 aromatic rings. The topological polar surface area (TPSA) is 153 Å². The summed E-state index contributed by atoms with van der Waals surface area (Å²) in [4.78, 5) is 38.0. The second-order valence-corrected chi connectivity index (χ2v) is 8.87. The van der Waals surface area contributed by atoms with Gasteiger partial charge in [-0.15, -0.1) is 16.9 Å². The molecular weight excluding hydrogens is 467 g/mol. The SMILES string of the molecule is Cn1nnnc1SCC1=C(C(=O)[O-])N2C(=O)C(NC(=O)[C@H](O)c3ccccc3)[C@H]2SC1.[Na+]. The number of nitrogens with one attached hydrogen (secondary N) is 1. The van der Waals surface area contributed by atoms with Crippen LogP contribution in [-0.4, -0.2) is 70.9 Å². The number of benzene rings is 1. The second-order valence-electron chi connectivity index (χ2n) is 6.82. The van der Waals surface area contributed by atoms with Crippen LogP contribution in [0.5, 0.6) is 0 Å². The van der Waals surface area contributed by atoms with Crippen LogP contribution >= 0.6 is 23.5 Å². The van der Waals surface area contributed by atoms with E-state index in [1.165, 1.54) is 28.2 Å². The molecular formula is C18H17N6NaO5S2. The van der Waals surface area contributed by atoms with Gasteiger partial charge in [0.05, 0.1) is 11.7 Å². The number of hydrogen-bond acceptors (Lipinski definition) is 10. The second kappa shape index (κ2) is 10.4. The van der Waals surface area contributed by atoms with Crippen molar-refractivity contribution in [3.63, 3.8) is 0 Å². The predicted molar refractivity (Wildman–Crippen MR) is 108 cm³/mol. The van der Waals surface area contributed by atoms with Gasteiger partial charge in [-0.3, -0.25) is 14.5 Å². The van der Waals surface area contributed by atoms with Crippen LogP contribution in [0.3, 0.4) is 0 Å². The Hall–Kier alpha value is -1.90. The van der Waals surface area contributed by atoms with Crippen molar-refractivity contribution < 1.29 is 54.2 Å². The number of aliphatic carboxylic acids is 1. The van der Waals surface area contributed by atoms with Crippen LogP contribution < -0.4 is 40.0 Å². The van der Waals surface area contributed by atoms with Gasteiger partial charge in [-0.05, 0) is 21.6 Å². The van der Waals surface area contributed by atoms with Gasteiger partial charge in [0.15, 0.2) is 6.10 Å². The molecule has 1 unspecified atom stereocenters. The Morgan fingerprint density at radius 3 is 2.72 bits per heavy atom. The van der Waals surface area contributed by atoms with Gasteiger partial charge < -0.3 is 20.3 Å². The van der Waals surface area contributed by atoms with Gasteiger partial charge in [0, 0.05) is 18.6 Å². The average Bonchev–Trinajstić information content (AvgIpc) is 3.19. The average molecular weight is 484 g/mol. The molecule has 11 nitrogen and oxygen atoms in total. The number of β-lactam (4-membered cyclic amide) rings is 1. The fourth-order valence-electron chi connectivity index (χ4n) is 3.30. The molecule has 2 aliphatic rings. The Labute approximate surface area is 213 Å². The summed E-state index contributed by atoms with van der Waals surface area (Å²) >= 11 is 2.58. The maximum atomic E-state index is 12.7. The summed E-state index contributed by atoms with van der Waals surface area (Å²) in [6.45, 7) is 0. The number of aryl methyl sites for hydroxylation is 1. The first-order valence-corrected chi connectivity index (χ1v) is 11.2. The Bertz CT molecular complexity index is 1070. The molecule has 0 spiro atoms. The quantitative estimate of drug-likeness (QED) is 0.223. The van der Waals surface area contributed by atoms with Gasteiger partial charge in [0.1, 0.15) is 11.4 Å². The molecule has 3 atom stereocenters. The van der Waals surface area contributed by atoms with Crippen LogP contribution in [0.4, 0.5) is 0 Å². The number of nitrogens with zero attached hydrogens (tertiary/aromatic N) is 5. The number of aliphatic hydroxyl groups excluding tert-OH is 1. The number of aromatic nitrogens is 4. The molecule has 2 aliphatic heterocycles. The number of carbonyl (C=O) groups is 3. The summed E-state index contributed by atoms with van der Waals surface area (Å²) in [5.41, 5.74) is 0.718. The van der Waals surface area contributed by atoms with E-state index < -0.39 is 35.3 Å². The fraction of sp³-hybridized carbons (Fsp3) is 0.333. The third-order valence-corrected chi connectivity index (χ3v) is 7.30. The predicted octanol–water partition coefficient (Wildman–Crippen LogP) is -4.56. The summed E-state index contributed by atoms with van der Waals surface area (Å²) in [5, 5.41) is 35.6. The Kier molecular flexibility index (Phi) is 8.01. The van der Waals surface area contributed by atoms with E-state index in [4.69, 9.17) is 0 Å². The van der Waals surface area contributed by atoms with Crippen molar-refractivity contribution in [2.75, 3.05) is 11.5 Å². The smallest absolute Gasteiger partial charge is 0.543 e. The van der Waals surface area contributed by atoms with Crippen LogP contribution in [0.1, 0.15) is 11.7 Å². The van der Waals surface area contributed by atoms with E-state index >= 15 is 0 Å². The van der Waals surface area contributed by atoms with Crippen molar-refractivity contribution in [3.05, 3.63) is 47.2 Å². The van der Waals surface area contributed by atoms with Gasteiger partial charge in [0.25, 0.3) is 11.8 Å². The maximum absolute atomic E-state index is 12.7. The zero-order valence-corrected chi connectivity index (χ0v) is 20.8. The van der Waals surface area contributed by atoms with E-state index in [1.807, 2.05) is 0 Å². The van der Waals surface area contributed by atoms with E-state index in [-0.39, 0.29) is 41.0 Å². The molecule has 1 aromatic heterocycles. The standard InChI is InChI=1S/C18H18N6O5S2.Na/c1-23-18(20-21-22-23)31-8-10-7-30-16-11(15(27)24(16)12(10)17(28)29)19-14(26)13(25)9-5-3-2-4-6-9;/h2-6,11,13,16,25H,7-8H2,1H3,(H,19,26)(H,28,29);/q;+1/p-1/t11?,13-,16-;/m1./s1. The number of thioether (sulfide) groups is 2. The van der Waals surface area contributed by atoms with Gasteiger partial charge in [-0.1, -0.05) is 42.1 Å². The largest absolute Gasteiger partial charge is 1.00 e. The minimum atomic E-state index is -1.46. The number of carboxylic acids is 1. The van der Waals surface area contributed by atoms with E-state index in [0.717, 1.165) is 4.90 Å². The van der Waals surface area contributed by atoms with Crippen molar-refractivity contribution >= 4 is 41.3 Å². The minimum absolute atomic E-state index is 0. The number of aliphatic hydroxyl groups is 1. The third-order valence-electron chi connectivity index (χ3n) is 4.86. The third kappa shape index (κ3) is 4.72. The van der Waals surface area contributed by atoms with Crippen LogP contribution in [0.15, 0.2) is 46.8 Å². The van der Waals surface area contributed by atoms with Crippen molar-refractivity contribution in [1.29, 1.82) is 0 Å². The molecule has 2 amide bonds. The zero-order chi connectivity index (χ0) is 22.1. The summed E-state index contributed by atoms with van der Waals surface area (Å²) in [6, 6.07) is 7.40. The summed E-state index contributed by atoms with van der Waals surface area (Å²) in [6.07, 6.45) is -1.43. The van der Waals surface area contributed by atoms with E-state index in [1.54, 1.807) is 37.4 Å². The van der Waals surface area contributed by atoms with Crippen molar-refractivity contribution in [1.82, 2.24) is 30.4 Å². The van der Waals surface area contributed by atoms with Gasteiger partial charge >= 0.3 is 29.6 Å². The first-order chi connectivity index (χ1) is 14.9. The molecule has 3 heterocycles. The molecule has 0 aliphatic carbocycles. The van der Waals surface area contributed by atoms with Crippen molar-refractivity contribution in [2.24, 2.45) is 7.05 Å². The van der Waals surface area contributed by atoms with E-state index in [2.05, 4.69) is 20.8 Å². The molecule has 0 saturated carbocycles. The summed E-state index contributed by atoms with van der Waals surface area (Å²) in [5.74, 6) is -2.14. The first kappa shape index (κ1) is 24.7. The molecule has 1 saturated heterocycles. The molecule has 0 radical (unpaired) electrons. The molecule has 4 rings (SSSR count). The number of carboxylic acid groups (broad SMARTS) is 1. The number of carbonyl (C=O) groups excluding carboxylic acids is 3. The zero-order valence-electron chi connectivity index (χ0n) is 17.2. The molecule has 2 N–H and O–H groups in total. The van der Waals surface area contributed by atoms with E-state index in [9.17, 15) is 24.6 Å². The van der Waals surface area contributed by atoms with Crippen molar-refractivity contribution in [2.45, 2.75) is 22.7 Å². The molecule has 1 fully saturated rings. The number of tetrazole rings is 1. The van der Waals surface area contributed by atoms with Gasteiger partial charge in [-0.2, -0.15) is 0 Å². The Morgan fingerprint density at radius 2 is 2.09 bits per heavy atom. The molecule has 32 heavy (non-hydrogen) atoms. The minimum Gasteiger partial charge on any atom is -0.543 e.